The lowest BCUT2D eigenvalue weighted by molar-refractivity contribution is 0.101. The average Bonchev–Trinajstić information content (AvgIpc) is 2.18. The Kier molecular flexibility index (Phi) is 4.86. The van der Waals surface area contributed by atoms with E-state index in [1.165, 1.54) is 0 Å². The monoisotopic (exact) mass is 196 g/mol. The number of phenolic OH excluding ortho intramolecular Hbond substituents is 1. The Morgan fingerprint density at radius 1 is 1.21 bits per heavy atom. The molecule has 0 unspecified atom stereocenters. The van der Waals surface area contributed by atoms with Gasteiger partial charge >= 0.3 is 0 Å². The van der Waals surface area contributed by atoms with Crippen molar-refractivity contribution in [1.82, 2.24) is 0 Å². The fraction of sp³-hybridized carbons (Fsp3) is 0.455. The summed E-state index contributed by atoms with van der Waals surface area (Å²) in [5.41, 5.74) is 0. The molecule has 1 N–H and O–H groups in total. The number of phenols is 1. The molecule has 1 rings (SSSR count). The first-order chi connectivity index (χ1) is 6.83. The zero-order valence-electron chi connectivity index (χ0n) is 8.40. The second-order valence-corrected chi connectivity index (χ2v) is 2.96. The quantitative estimate of drug-likeness (QED) is 0.709. The maximum absolute atomic E-state index is 9.14. The molecular weight excluding hydrogens is 180 g/mol. The van der Waals surface area contributed by atoms with Crippen molar-refractivity contribution in [2.24, 2.45) is 0 Å². The third kappa shape index (κ3) is 4.14. The predicted molar refractivity (Wildman–Crippen MR) is 54.7 cm³/mol. The SMILES string of the molecule is CCCOCCOc1cccc(O)c1. The zero-order valence-corrected chi connectivity index (χ0v) is 8.40. The molecule has 0 spiro atoms. The third-order valence-electron chi connectivity index (χ3n) is 1.66. The van der Waals surface area contributed by atoms with Crippen LogP contribution in [-0.4, -0.2) is 24.9 Å². The Bertz CT molecular complexity index is 260. The summed E-state index contributed by atoms with van der Waals surface area (Å²) in [6.07, 6.45) is 1.02. The van der Waals surface area contributed by atoms with Crippen molar-refractivity contribution in [2.45, 2.75) is 13.3 Å². The number of ether oxygens (including phenoxy) is 2. The van der Waals surface area contributed by atoms with Crippen LogP contribution in [0.5, 0.6) is 11.5 Å². The number of benzene rings is 1. The van der Waals surface area contributed by atoms with Gasteiger partial charge in [0.1, 0.15) is 18.1 Å². The van der Waals surface area contributed by atoms with Gasteiger partial charge in [0.15, 0.2) is 0 Å². The Balaban J connectivity index is 2.18. The van der Waals surface area contributed by atoms with Gasteiger partial charge in [0.25, 0.3) is 0 Å². The number of rotatable bonds is 6. The predicted octanol–water partition coefficient (Wildman–Crippen LogP) is 2.20. The number of hydrogen-bond acceptors (Lipinski definition) is 3. The topological polar surface area (TPSA) is 38.7 Å². The average molecular weight is 196 g/mol. The molecule has 0 fully saturated rings. The van der Waals surface area contributed by atoms with Crippen LogP contribution in [0.2, 0.25) is 0 Å². The van der Waals surface area contributed by atoms with Gasteiger partial charge in [-0.2, -0.15) is 0 Å². The van der Waals surface area contributed by atoms with Gasteiger partial charge in [-0.25, -0.2) is 0 Å². The molecule has 0 aliphatic carbocycles. The van der Waals surface area contributed by atoms with Crippen LogP contribution in [0.4, 0.5) is 0 Å². The minimum atomic E-state index is 0.219. The highest BCUT2D eigenvalue weighted by molar-refractivity contribution is 5.31. The molecule has 0 bridgehead atoms. The molecule has 0 aromatic heterocycles. The molecule has 0 saturated carbocycles. The smallest absolute Gasteiger partial charge is 0.123 e. The van der Waals surface area contributed by atoms with Crippen molar-refractivity contribution >= 4 is 0 Å². The van der Waals surface area contributed by atoms with Crippen LogP contribution in [0.1, 0.15) is 13.3 Å². The fourth-order valence-electron chi connectivity index (χ4n) is 1.04. The van der Waals surface area contributed by atoms with Crippen molar-refractivity contribution in [1.29, 1.82) is 0 Å². The second kappa shape index (κ2) is 6.27. The number of hydrogen-bond donors (Lipinski definition) is 1. The molecule has 0 aliphatic heterocycles. The fourth-order valence-corrected chi connectivity index (χ4v) is 1.04. The van der Waals surface area contributed by atoms with E-state index in [4.69, 9.17) is 14.6 Å². The largest absolute Gasteiger partial charge is 0.508 e. The van der Waals surface area contributed by atoms with Gasteiger partial charge in [-0.15, -0.1) is 0 Å². The van der Waals surface area contributed by atoms with E-state index in [0.29, 0.717) is 19.0 Å². The second-order valence-electron chi connectivity index (χ2n) is 2.96. The lowest BCUT2D eigenvalue weighted by atomic mass is 10.3. The van der Waals surface area contributed by atoms with Crippen LogP contribution in [0.3, 0.4) is 0 Å². The highest BCUT2D eigenvalue weighted by Crippen LogP contribution is 2.17. The molecule has 3 heteroatoms. The molecule has 1 aromatic carbocycles. The molecule has 0 atom stereocenters. The van der Waals surface area contributed by atoms with Crippen LogP contribution in [0, 0.1) is 0 Å². The van der Waals surface area contributed by atoms with Crippen LogP contribution in [0.25, 0.3) is 0 Å². The lowest BCUT2D eigenvalue weighted by Crippen LogP contribution is -2.06. The first-order valence-electron chi connectivity index (χ1n) is 4.82. The Hall–Kier alpha value is -1.22. The summed E-state index contributed by atoms with van der Waals surface area (Å²) in [4.78, 5) is 0. The summed E-state index contributed by atoms with van der Waals surface area (Å²) in [7, 11) is 0. The van der Waals surface area contributed by atoms with Gasteiger partial charge in [-0.3, -0.25) is 0 Å². The first kappa shape index (κ1) is 10.9. The molecule has 0 aliphatic rings. The molecule has 3 nitrogen and oxygen atoms in total. The molecule has 1 aromatic rings. The molecule has 78 valence electrons. The van der Waals surface area contributed by atoms with Crippen molar-refractivity contribution in [3.8, 4) is 11.5 Å². The summed E-state index contributed by atoms with van der Waals surface area (Å²) < 4.78 is 10.6. The summed E-state index contributed by atoms with van der Waals surface area (Å²) in [6.45, 7) is 3.94. The van der Waals surface area contributed by atoms with E-state index in [1.807, 2.05) is 0 Å². The molecule has 0 amide bonds. The zero-order chi connectivity index (χ0) is 10.2. The maximum Gasteiger partial charge on any atom is 0.123 e. The molecule has 0 saturated heterocycles. The normalized spacial score (nSPS) is 10.1. The Morgan fingerprint density at radius 3 is 2.79 bits per heavy atom. The van der Waals surface area contributed by atoms with Crippen LogP contribution in [-0.2, 0) is 4.74 Å². The highest BCUT2D eigenvalue weighted by atomic mass is 16.5. The molecule has 0 radical (unpaired) electrons. The lowest BCUT2D eigenvalue weighted by Gasteiger charge is -2.06. The van der Waals surface area contributed by atoms with Crippen molar-refractivity contribution in [2.75, 3.05) is 19.8 Å². The van der Waals surface area contributed by atoms with Crippen LogP contribution < -0.4 is 4.74 Å². The van der Waals surface area contributed by atoms with Gasteiger partial charge in [-0.1, -0.05) is 13.0 Å². The Morgan fingerprint density at radius 2 is 2.07 bits per heavy atom. The standard InChI is InChI=1S/C11H16O3/c1-2-6-13-7-8-14-11-5-3-4-10(12)9-11/h3-5,9,12H,2,6-8H2,1H3. The maximum atomic E-state index is 9.14. The van der Waals surface area contributed by atoms with E-state index in [9.17, 15) is 0 Å². The van der Waals surface area contributed by atoms with Crippen molar-refractivity contribution in [3.63, 3.8) is 0 Å². The van der Waals surface area contributed by atoms with E-state index in [2.05, 4.69) is 6.92 Å². The Labute approximate surface area is 84.3 Å². The van der Waals surface area contributed by atoms with Gasteiger partial charge in [0, 0.05) is 12.7 Å². The van der Waals surface area contributed by atoms with Gasteiger partial charge in [0.2, 0.25) is 0 Å². The summed E-state index contributed by atoms with van der Waals surface area (Å²) >= 11 is 0. The van der Waals surface area contributed by atoms with Crippen LogP contribution >= 0.6 is 0 Å². The van der Waals surface area contributed by atoms with E-state index in [-0.39, 0.29) is 5.75 Å². The van der Waals surface area contributed by atoms with Gasteiger partial charge in [-0.05, 0) is 18.6 Å². The number of aromatic hydroxyl groups is 1. The minimum absolute atomic E-state index is 0.219. The summed E-state index contributed by atoms with van der Waals surface area (Å²) in [5.74, 6) is 0.891. The van der Waals surface area contributed by atoms with Crippen LogP contribution in [0.15, 0.2) is 24.3 Å². The van der Waals surface area contributed by atoms with Gasteiger partial charge in [0.05, 0.1) is 6.61 Å². The third-order valence-corrected chi connectivity index (χ3v) is 1.66. The van der Waals surface area contributed by atoms with E-state index < -0.39 is 0 Å². The molecule has 0 heterocycles. The molecular formula is C11H16O3. The van der Waals surface area contributed by atoms with E-state index >= 15 is 0 Å². The highest BCUT2D eigenvalue weighted by Gasteiger charge is 1.94. The van der Waals surface area contributed by atoms with Crippen molar-refractivity contribution in [3.05, 3.63) is 24.3 Å². The van der Waals surface area contributed by atoms with E-state index in [0.717, 1.165) is 13.0 Å². The minimum Gasteiger partial charge on any atom is -0.508 e. The summed E-state index contributed by atoms with van der Waals surface area (Å²) in [6, 6.07) is 6.75. The first-order valence-corrected chi connectivity index (χ1v) is 4.82. The van der Waals surface area contributed by atoms with Crippen molar-refractivity contribution < 1.29 is 14.6 Å². The summed E-state index contributed by atoms with van der Waals surface area (Å²) in [5, 5.41) is 9.14. The van der Waals surface area contributed by atoms with E-state index in [1.54, 1.807) is 24.3 Å². The molecule has 14 heavy (non-hydrogen) atoms. The van der Waals surface area contributed by atoms with Gasteiger partial charge < -0.3 is 14.6 Å².